The minimum atomic E-state index is 0.760. The molecule has 0 N–H and O–H groups in total. The first-order chi connectivity index (χ1) is 10.7. The Morgan fingerprint density at radius 1 is 1.09 bits per heavy atom. The summed E-state index contributed by atoms with van der Waals surface area (Å²) in [6, 6.07) is 6.12. The van der Waals surface area contributed by atoms with Crippen LogP contribution in [0.4, 0.5) is 11.8 Å². The van der Waals surface area contributed by atoms with Crippen LogP contribution in [0.15, 0.2) is 36.8 Å². The van der Waals surface area contributed by atoms with Gasteiger partial charge in [0.1, 0.15) is 5.82 Å². The lowest BCUT2D eigenvalue weighted by Crippen LogP contribution is -2.46. The van der Waals surface area contributed by atoms with Gasteiger partial charge in [0.25, 0.3) is 0 Å². The van der Waals surface area contributed by atoms with Crippen LogP contribution >= 0.6 is 0 Å². The van der Waals surface area contributed by atoms with E-state index in [0.717, 1.165) is 44.5 Å². The molecule has 116 valence electrons. The van der Waals surface area contributed by atoms with Crippen molar-refractivity contribution in [3.8, 4) is 0 Å². The zero-order chi connectivity index (χ0) is 15.4. The number of pyridine rings is 1. The van der Waals surface area contributed by atoms with Crippen LogP contribution in [0.25, 0.3) is 0 Å². The number of hydrogen-bond acceptors (Lipinski definition) is 6. The third-order valence-corrected chi connectivity index (χ3v) is 3.85. The molecular weight excluding hydrogens is 276 g/mol. The highest BCUT2D eigenvalue weighted by molar-refractivity contribution is 5.43. The van der Waals surface area contributed by atoms with Crippen LogP contribution in [0.3, 0.4) is 0 Å². The zero-order valence-electron chi connectivity index (χ0n) is 13.2. The zero-order valence-corrected chi connectivity index (χ0v) is 13.2. The summed E-state index contributed by atoms with van der Waals surface area (Å²) in [5, 5.41) is 0. The Morgan fingerprint density at radius 2 is 1.91 bits per heavy atom. The molecule has 0 bridgehead atoms. The maximum Gasteiger partial charge on any atom is 0.226 e. The fourth-order valence-electron chi connectivity index (χ4n) is 2.62. The molecule has 0 radical (unpaired) electrons. The summed E-state index contributed by atoms with van der Waals surface area (Å²) in [7, 11) is 3.93. The summed E-state index contributed by atoms with van der Waals surface area (Å²) in [5.41, 5.74) is 1.27. The van der Waals surface area contributed by atoms with Crippen LogP contribution in [0, 0.1) is 0 Å². The maximum atomic E-state index is 4.62. The fraction of sp³-hybridized carbons (Fsp3) is 0.438. The van der Waals surface area contributed by atoms with E-state index in [9.17, 15) is 0 Å². The van der Waals surface area contributed by atoms with E-state index in [1.807, 2.05) is 49.7 Å². The molecule has 0 saturated carbocycles. The van der Waals surface area contributed by atoms with Gasteiger partial charge in [0.2, 0.25) is 5.95 Å². The summed E-state index contributed by atoms with van der Waals surface area (Å²) in [6.45, 7) is 5.02. The molecule has 2 aromatic heterocycles. The van der Waals surface area contributed by atoms with Crippen molar-refractivity contribution in [2.24, 2.45) is 0 Å². The first kappa shape index (κ1) is 14.7. The minimum absolute atomic E-state index is 0.760. The average molecular weight is 298 g/mol. The van der Waals surface area contributed by atoms with Gasteiger partial charge in [-0.25, -0.2) is 4.98 Å². The number of piperazine rings is 1. The van der Waals surface area contributed by atoms with Gasteiger partial charge in [-0.1, -0.05) is 6.07 Å². The lowest BCUT2D eigenvalue weighted by Gasteiger charge is -2.35. The fourth-order valence-corrected chi connectivity index (χ4v) is 2.62. The summed E-state index contributed by atoms with van der Waals surface area (Å²) in [4.78, 5) is 19.8. The maximum absolute atomic E-state index is 4.62. The molecule has 0 atom stereocenters. The van der Waals surface area contributed by atoms with Crippen LogP contribution in [-0.2, 0) is 6.54 Å². The van der Waals surface area contributed by atoms with Crippen molar-refractivity contribution in [3.05, 3.63) is 42.4 Å². The average Bonchev–Trinajstić information content (AvgIpc) is 2.56. The topological polar surface area (TPSA) is 48.4 Å². The van der Waals surface area contributed by atoms with E-state index < -0.39 is 0 Å². The monoisotopic (exact) mass is 298 g/mol. The third-order valence-electron chi connectivity index (χ3n) is 3.85. The Hall–Kier alpha value is -2.21. The van der Waals surface area contributed by atoms with E-state index in [4.69, 9.17) is 0 Å². The van der Waals surface area contributed by atoms with Gasteiger partial charge in [0.15, 0.2) is 0 Å². The van der Waals surface area contributed by atoms with Gasteiger partial charge < -0.3 is 9.80 Å². The number of rotatable bonds is 4. The molecule has 2 aromatic rings. The second-order valence-electron chi connectivity index (χ2n) is 5.73. The molecule has 0 amide bonds. The third kappa shape index (κ3) is 3.51. The molecule has 1 aliphatic rings. The van der Waals surface area contributed by atoms with Crippen molar-refractivity contribution in [1.29, 1.82) is 0 Å². The highest BCUT2D eigenvalue weighted by atomic mass is 15.3. The van der Waals surface area contributed by atoms with E-state index in [-0.39, 0.29) is 0 Å². The Labute approximate surface area is 131 Å². The van der Waals surface area contributed by atoms with Crippen molar-refractivity contribution in [1.82, 2.24) is 19.9 Å². The normalized spacial score (nSPS) is 15.8. The van der Waals surface area contributed by atoms with E-state index in [1.165, 1.54) is 5.56 Å². The lowest BCUT2D eigenvalue weighted by atomic mass is 10.2. The Balaban J connectivity index is 1.58. The van der Waals surface area contributed by atoms with Gasteiger partial charge in [-0.2, -0.15) is 4.98 Å². The molecule has 6 nitrogen and oxygen atoms in total. The molecule has 1 fully saturated rings. The van der Waals surface area contributed by atoms with Crippen LogP contribution in [0.2, 0.25) is 0 Å². The van der Waals surface area contributed by atoms with Gasteiger partial charge in [0, 0.05) is 65.4 Å². The molecular formula is C16H22N6. The van der Waals surface area contributed by atoms with E-state index in [1.54, 1.807) is 0 Å². The number of aromatic nitrogens is 3. The molecule has 0 aromatic carbocycles. The van der Waals surface area contributed by atoms with Crippen LogP contribution < -0.4 is 9.80 Å². The summed E-state index contributed by atoms with van der Waals surface area (Å²) in [5.74, 6) is 1.77. The van der Waals surface area contributed by atoms with Crippen molar-refractivity contribution >= 4 is 11.8 Å². The van der Waals surface area contributed by atoms with Gasteiger partial charge in [-0.15, -0.1) is 0 Å². The molecule has 0 spiro atoms. The van der Waals surface area contributed by atoms with Crippen molar-refractivity contribution < 1.29 is 0 Å². The second-order valence-corrected chi connectivity index (χ2v) is 5.73. The van der Waals surface area contributed by atoms with Crippen molar-refractivity contribution in [2.75, 3.05) is 50.1 Å². The van der Waals surface area contributed by atoms with Gasteiger partial charge in [-0.3, -0.25) is 9.88 Å². The Morgan fingerprint density at radius 3 is 2.59 bits per heavy atom. The van der Waals surface area contributed by atoms with Gasteiger partial charge >= 0.3 is 0 Å². The SMILES string of the molecule is CN(C)c1nccc(N2CCN(Cc3cccnc3)CC2)n1. The van der Waals surface area contributed by atoms with Crippen LogP contribution in [0.5, 0.6) is 0 Å². The first-order valence-corrected chi connectivity index (χ1v) is 7.59. The molecule has 1 saturated heterocycles. The second kappa shape index (κ2) is 6.70. The Kier molecular flexibility index (Phi) is 4.48. The molecule has 1 aliphatic heterocycles. The molecule has 0 aliphatic carbocycles. The standard InChI is InChI=1S/C16H22N6/c1-20(2)16-18-7-5-15(19-16)22-10-8-21(9-11-22)13-14-4-3-6-17-12-14/h3-7,12H,8-11,13H2,1-2H3. The van der Waals surface area contributed by atoms with Gasteiger partial charge in [-0.05, 0) is 17.7 Å². The molecule has 3 rings (SSSR count). The van der Waals surface area contributed by atoms with Crippen molar-refractivity contribution in [3.63, 3.8) is 0 Å². The summed E-state index contributed by atoms with van der Waals surface area (Å²) < 4.78 is 0. The smallest absolute Gasteiger partial charge is 0.226 e. The van der Waals surface area contributed by atoms with Crippen LogP contribution in [0.1, 0.15) is 5.56 Å². The molecule has 6 heteroatoms. The van der Waals surface area contributed by atoms with E-state index >= 15 is 0 Å². The van der Waals surface area contributed by atoms with Crippen LogP contribution in [-0.4, -0.2) is 60.1 Å². The minimum Gasteiger partial charge on any atom is -0.354 e. The van der Waals surface area contributed by atoms with E-state index in [0.29, 0.717) is 0 Å². The molecule has 3 heterocycles. The molecule has 0 unspecified atom stereocenters. The lowest BCUT2D eigenvalue weighted by molar-refractivity contribution is 0.249. The quantitative estimate of drug-likeness (QED) is 0.847. The first-order valence-electron chi connectivity index (χ1n) is 7.59. The number of nitrogens with zero attached hydrogens (tertiary/aromatic N) is 6. The Bertz CT molecular complexity index is 593. The highest BCUT2D eigenvalue weighted by Gasteiger charge is 2.18. The summed E-state index contributed by atoms with van der Waals surface area (Å²) in [6.07, 6.45) is 5.60. The van der Waals surface area contributed by atoms with E-state index in [2.05, 4.69) is 30.8 Å². The number of anilines is 2. The largest absolute Gasteiger partial charge is 0.354 e. The number of hydrogen-bond donors (Lipinski definition) is 0. The summed E-state index contributed by atoms with van der Waals surface area (Å²) >= 11 is 0. The predicted octanol–water partition coefficient (Wildman–Crippen LogP) is 1.26. The predicted molar refractivity (Wildman–Crippen MR) is 88.1 cm³/mol. The van der Waals surface area contributed by atoms with Crippen molar-refractivity contribution in [2.45, 2.75) is 6.54 Å². The van der Waals surface area contributed by atoms with Gasteiger partial charge in [0.05, 0.1) is 0 Å². The molecule has 22 heavy (non-hydrogen) atoms. The highest BCUT2D eigenvalue weighted by Crippen LogP contribution is 2.16.